The molecule has 0 spiro atoms. The summed E-state index contributed by atoms with van der Waals surface area (Å²) >= 11 is 5.42. The molecule has 4 nitrogen and oxygen atoms in total. The number of ether oxygens (including phenoxy) is 1. The lowest BCUT2D eigenvalue weighted by Crippen LogP contribution is -2.45. The quantitative estimate of drug-likeness (QED) is 0.591. The number of rotatable bonds is 8. The molecule has 0 fully saturated rings. The molecule has 110 valence electrons. The highest BCUT2D eigenvalue weighted by atomic mass is 35.5. The summed E-state index contributed by atoms with van der Waals surface area (Å²) in [7, 11) is 0. The molecule has 1 aromatic rings. The fraction of sp³-hybridized carbons (Fsp3) is 0.467. The Morgan fingerprint density at radius 2 is 1.95 bits per heavy atom. The second kappa shape index (κ2) is 8.72. The zero-order valence-electron chi connectivity index (χ0n) is 11.8. The van der Waals surface area contributed by atoms with Crippen LogP contribution in [0.15, 0.2) is 30.3 Å². The molecule has 0 heterocycles. The number of carbonyl (C=O) groups excluding carboxylic acids is 2. The number of hydrogen-bond donors (Lipinski definition) is 1. The van der Waals surface area contributed by atoms with E-state index in [1.54, 1.807) is 13.8 Å². The molecular formula is C15H20ClNO3. The predicted octanol–water partition coefficient (Wildman–Crippen LogP) is 2.29. The van der Waals surface area contributed by atoms with Gasteiger partial charge < -0.3 is 4.74 Å². The number of esters is 1. The molecule has 1 rings (SSSR count). The molecule has 5 heteroatoms. The van der Waals surface area contributed by atoms with E-state index < -0.39 is 17.3 Å². The first-order valence-electron chi connectivity index (χ1n) is 6.70. The summed E-state index contributed by atoms with van der Waals surface area (Å²) in [5.41, 5.74) is 1.13. The van der Waals surface area contributed by atoms with Crippen LogP contribution in [0.5, 0.6) is 0 Å². The average Bonchev–Trinajstić information content (AvgIpc) is 2.44. The van der Waals surface area contributed by atoms with Crippen molar-refractivity contribution >= 4 is 22.8 Å². The number of halogens is 1. The Bertz CT molecular complexity index is 436. The minimum Gasteiger partial charge on any atom is -0.465 e. The van der Waals surface area contributed by atoms with Gasteiger partial charge in [0, 0.05) is 0 Å². The number of hydrogen-bond acceptors (Lipinski definition) is 4. The smallest absolute Gasteiger partial charge is 0.323 e. The van der Waals surface area contributed by atoms with Crippen molar-refractivity contribution in [1.82, 2.24) is 5.32 Å². The fourth-order valence-corrected chi connectivity index (χ4v) is 1.90. The molecule has 0 saturated carbocycles. The molecule has 20 heavy (non-hydrogen) atoms. The van der Waals surface area contributed by atoms with E-state index in [4.69, 9.17) is 16.3 Å². The summed E-state index contributed by atoms with van der Waals surface area (Å²) in [5, 5.41) is 2.40. The van der Waals surface area contributed by atoms with Gasteiger partial charge in [0.05, 0.1) is 12.6 Å². The van der Waals surface area contributed by atoms with Crippen LogP contribution in [0.2, 0.25) is 0 Å². The van der Waals surface area contributed by atoms with E-state index in [-0.39, 0.29) is 5.97 Å². The largest absolute Gasteiger partial charge is 0.465 e. The minimum absolute atomic E-state index is 0.311. The van der Waals surface area contributed by atoms with Gasteiger partial charge in [-0.05, 0) is 43.9 Å². The number of benzene rings is 1. The molecule has 0 amide bonds. The standard InChI is InChI=1S/C15H20ClNO3/c1-3-20-15(19)13(17-11(2)14(16)18)10-9-12-7-5-4-6-8-12/h4-8,11,13,17H,3,9-10H2,1-2H3. The summed E-state index contributed by atoms with van der Waals surface area (Å²) in [4.78, 5) is 23.0. The summed E-state index contributed by atoms with van der Waals surface area (Å²) in [5.74, 6) is -0.354. The van der Waals surface area contributed by atoms with Crippen LogP contribution in [0.25, 0.3) is 0 Å². The molecule has 0 aliphatic rings. The van der Waals surface area contributed by atoms with Crippen LogP contribution in [0, 0.1) is 0 Å². The summed E-state index contributed by atoms with van der Waals surface area (Å²) in [6, 6.07) is 8.73. The second-order valence-corrected chi connectivity index (χ2v) is 4.89. The number of carbonyl (C=O) groups is 2. The lowest BCUT2D eigenvalue weighted by Gasteiger charge is -2.20. The van der Waals surface area contributed by atoms with E-state index in [1.165, 1.54) is 0 Å². The molecule has 1 N–H and O–H groups in total. The molecule has 1 aromatic carbocycles. The van der Waals surface area contributed by atoms with Gasteiger partial charge in [0.1, 0.15) is 6.04 Å². The Kier molecular flexibility index (Phi) is 7.26. The molecule has 2 atom stereocenters. The van der Waals surface area contributed by atoms with Crippen LogP contribution < -0.4 is 5.32 Å². The van der Waals surface area contributed by atoms with Crippen molar-refractivity contribution in [2.24, 2.45) is 0 Å². The molecule has 0 aromatic heterocycles. The van der Waals surface area contributed by atoms with Gasteiger partial charge in [-0.3, -0.25) is 14.9 Å². The van der Waals surface area contributed by atoms with E-state index in [0.29, 0.717) is 13.0 Å². The highest BCUT2D eigenvalue weighted by Crippen LogP contribution is 2.08. The first-order valence-corrected chi connectivity index (χ1v) is 7.08. The highest BCUT2D eigenvalue weighted by Gasteiger charge is 2.23. The SMILES string of the molecule is CCOC(=O)C(CCc1ccccc1)NC(C)C(=O)Cl. The third-order valence-corrected chi connectivity index (χ3v) is 3.25. The molecule has 0 bridgehead atoms. The molecule has 2 unspecified atom stereocenters. The number of nitrogens with one attached hydrogen (secondary N) is 1. The van der Waals surface area contributed by atoms with Gasteiger partial charge in [-0.2, -0.15) is 0 Å². The first-order chi connectivity index (χ1) is 9.54. The monoisotopic (exact) mass is 297 g/mol. The third-order valence-electron chi connectivity index (χ3n) is 2.93. The van der Waals surface area contributed by atoms with Gasteiger partial charge in [-0.15, -0.1) is 0 Å². The normalized spacial score (nSPS) is 13.6. The van der Waals surface area contributed by atoms with Crippen molar-refractivity contribution in [3.05, 3.63) is 35.9 Å². The summed E-state index contributed by atoms with van der Waals surface area (Å²) in [6.45, 7) is 3.69. The van der Waals surface area contributed by atoms with Crippen LogP contribution in [0.4, 0.5) is 0 Å². The Morgan fingerprint density at radius 1 is 1.30 bits per heavy atom. The van der Waals surface area contributed by atoms with Crippen molar-refractivity contribution < 1.29 is 14.3 Å². The molecule has 0 saturated heterocycles. The topological polar surface area (TPSA) is 55.4 Å². The maximum Gasteiger partial charge on any atom is 0.323 e. The second-order valence-electron chi connectivity index (χ2n) is 4.52. The zero-order valence-corrected chi connectivity index (χ0v) is 12.5. The van der Waals surface area contributed by atoms with Crippen LogP contribution in [-0.4, -0.2) is 29.9 Å². The fourth-order valence-electron chi connectivity index (χ4n) is 1.84. The van der Waals surface area contributed by atoms with E-state index in [9.17, 15) is 9.59 Å². The lowest BCUT2D eigenvalue weighted by atomic mass is 10.0. The Morgan fingerprint density at radius 3 is 2.50 bits per heavy atom. The first kappa shape index (κ1) is 16.7. The van der Waals surface area contributed by atoms with Crippen LogP contribution in [0.1, 0.15) is 25.8 Å². The molecular weight excluding hydrogens is 278 g/mol. The van der Waals surface area contributed by atoms with Crippen LogP contribution in [0.3, 0.4) is 0 Å². The van der Waals surface area contributed by atoms with Gasteiger partial charge in [-0.1, -0.05) is 30.3 Å². The van der Waals surface area contributed by atoms with Gasteiger partial charge in [0.25, 0.3) is 0 Å². The molecule has 0 aliphatic heterocycles. The van der Waals surface area contributed by atoms with Gasteiger partial charge in [0.15, 0.2) is 0 Å². The van der Waals surface area contributed by atoms with Crippen LogP contribution in [-0.2, 0) is 20.7 Å². The summed E-state index contributed by atoms with van der Waals surface area (Å²) in [6.07, 6.45) is 1.28. The average molecular weight is 298 g/mol. The maximum atomic E-state index is 11.9. The van der Waals surface area contributed by atoms with Gasteiger partial charge >= 0.3 is 5.97 Å². The molecule has 0 aliphatic carbocycles. The minimum atomic E-state index is -0.582. The Labute approximate surface area is 124 Å². The maximum absolute atomic E-state index is 11.9. The lowest BCUT2D eigenvalue weighted by molar-refractivity contribution is -0.146. The van der Waals surface area contributed by atoms with Crippen molar-refractivity contribution in [3.63, 3.8) is 0 Å². The number of aryl methyl sites for hydroxylation is 1. The van der Waals surface area contributed by atoms with Crippen molar-refractivity contribution in [2.75, 3.05) is 6.61 Å². The van der Waals surface area contributed by atoms with Crippen molar-refractivity contribution in [3.8, 4) is 0 Å². The van der Waals surface area contributed by atoms with Gasteiger partial charge in [-0.25, -0.2) is 0 Å². The van der Waals surface area contributed by atoms with Crippen molar-refractivity contribution in [1.29, 1.82) is 0 Å². The van der Waals surface area contributed by atoms with E-state index in [1.807, 2.05) is 30.3 Å². The highest BCUT2D eigenvalue weighted by molar-refractivity contribution is 6.64. The van der Waals surface area contributed by atoms with E-state index >= 15 is 0 Å². The Balaban J connectivity index is 2.62. The zero-order chi connectivity index (χ0) is 15.0. The Hall–Kier alpha value is -1.39. The summed E-state index contributed by atoms with van der Waals surface area (Å²) < 4.78 is 5.02. The van der Waals surface area contributed by atoms with Crippen LogP contribution >= 0.6 is 11.6 Å². The van der Waals surface area contributed by atoms with Crippen molar-refractivity contribution in [2.45, 2.75) is 38.8 Å². The third kappa shape index (κ3) is 5.72. The van der Waals surface area contributed by atoms with Gasteiger partial charge in [0.2, 0.25) is 5.24 Å². The van der Waals surface area contributed by atoms with E-state index in [0.717, 1.165) is 12.0 Å². The van der Waals surface area contributed by atoms with E-state index in [2.05, 4.69) is 5.32 Å². The predicted molar refractivity (Wildman–Crippen MR) is 78.6 cm³/mol. The molecule has 0 radical (unpaired) electrons.